The van der Waals surface area contributed by atoms with Crippen LogP contribution in [0.15, 0.2) is 0 Å². The molecule has 0 radical (unpaired) electrons. The molecule has 0 spiro atoms. The number of aryl methyl sites for hydroxylation is 2. The molecular formula is C13H21N3O2. The average Bonchev–Trinajstić information content (AvgIpc) is 2.69. The molecule has 1 aromatic rings. The molecule has 0 aromatic carbocycles. The van der Waals surface area contributed by atoms with Gasteiger partial charge in [0, 0.05) is 25.9 Å². The number of carbonyl (C=O) groups is 1. The van der Waals surface area contributed by atoms with Crippen LogP contribution in [0.5, 0.6) is 0 Å². The summed E-state index contributed by atoms with van der Waals surface area (Å²) in [5.74, 6) is 0.0212. The summed E-state index contributed by atoms with van der Waals surface area (Å²) >= 11 is 0. The summed E-state index contributed by atoms with van der Waals surface area (Å²) in [6.07, 6.45) is 3.55. The number of ether oxygens (including phenoxy) is 1. The van der Waals surface area contributed by atoms with E-state index < -0.39 is 0 Å². The molecule has 5 nitrogen and oxygen atoms in total. The first-order valence-corrected chi connectivity index (χ1v) is 6.48. The molecule has 0 saturated carbocycles. The quantitative estimate of drug-likeness (QED) is 0.889. The van der Waals surface area contributed by atoms with Gasteiger partial charge in [-0.3, -0.25) is 9.89 Å². The fraction of sp³-hybridized carbons (Fsp3) is 0.692. The molecule has 1 unspecified atom stereocenters. The van der Waals surface area contributed by atoms with Crippen molar-refractivity contribution in [1.29, 1.82) is 0 Å². The summed E-state index contributed by atoms with van der Waals surface area (Å²) in [6, 6.07) is 0. The molecule has 1 aliphatic heterocycles. The summed E-state index contributed by atoms with van der Waals surface area (Å²) in [5, 5.41) is 6.91. The molecule has 1 aromatic heterocycles. The molecular weight excluding hydrogens is 230 g/mol. The largest absolute Gasteiger partial charge is 0.376 e. The molecule has 1 amide bonds. The predicted octanol–water partition coefficient (Wildman–Crippen LogP) is 1.67. The van der Waals surface area contributed by atoms with Crippen LogP contribution in [-0.4, -0.2) is 47.3 Å². The summed E-state index contributed by atoms with van der Waals surface area (Å²) in [4.78, 5) is 14.1. The maximum absolute atomic E-state index is 12.3. The number of nitrogens with zero attached hydrogens (tertiary/aromatic N) is 2. The molecule has 1 saturated heterocycles. The number of nitrogens with one attached hydrogen (secondary N) is 1. The molecule has 0 bridgehead atoms. The van der Waals surface area contributed by atoms with Crippen LogP contribution in [0.4, 0.5) is 0 Å². The average molecular weight is 251 g/mol. The van der Waals surface area contributed by atoms with Crippen LogP contribution in [0.3, 0.4) is 0 Å². The second-order valence-corrected chi connectivity index (χ2v) is 4.98. The van der Waals surface area contributed by atoms with Crippen LogP contribution in [0, 0.1) is 13.8 Å². The van der Waals surface area contributed by atoms with Gasteiger partial charge in [-0.2, -0.15) is 5.10 Å². The van der Waals surface area contributed by atoms with E-state index in [1.807, 2.05) is 20.9 Å². The topological polar surface area (TPSA) is 58.2 Å². The van der Waals surface area contributed by atoms with Gasteiger partial charge in [0.1, 0.15) is 0 Å². The van der Waals surface area contributed by atoms with Gasteiger partial charge in [-0.05, 0) is 33.1 Å². The van der Waals surface area contributed by atoms with Crippen molar-refractivity contribution in [3.63, 3.8) is 0 Å². The molecule has 2 heterocycles. The summed E-state index contributed by atoms with van der Waals surface area (Å²) < 4.78 is 5.66. The zero-order valence-electron chi connectivity index (χ0n) is 11.3. The van der Waals surface area contributed by atoms with Crippen LogP contribution in [0.25, 0.3) is 0 Å². The molecule has 1 N–H and O–H groups in total. The lowest BCUT2D eigenvalue weighted by Crippen LogP contribution is -2.37. The Morgan fingerprint density at radius 2 is 2.28 bits per heavy atom. The molecule has 100 valence electrons. The van der Waals surface area contributed by atoms with E-state index in [2.05, 4.69) is 10.2 Å². The highest BCUT2D eigenvalue weighted by molar-refractivity contribution is 5.96. The zero-order chi connectivity index (χ0) is 13.1. The Balaban J connectivity index is 2.00. The van der Waals surface area contributed by atoms with E-state index in [4.69, 9.17) is 4.74 Å². The molecule has 1 aliphatic rings. The summed E-state index contributed by atoms with van der Waals surface area (Å²) in [6.45, 7) is 5.19. The van der Waals surface area contributed by atoms with Crippen LogP contribution in [-0.2, 0) is 4.74 Å². The molecule has 1 atom stereocenters. The van der Waals surface area contributed by atoms with E-state index in [9.17, 15) is 4.79 Å². The third-order valence-electron chi connectivity index (χ3n) is 3.44. The van der Waals surface area contributed by atoms with Crippen molar-refractivity contribution < 1.29 is 9.53 Å². The van der Waals surface area contributed by atoms with Crippen LogP contribution in [0.1, 0.15) is 41.0 Å². The molecule has 1 fully saturated rings. The van der Waals surface area contributed by atoms with Crippen molar-refractivity contribution in [3.8, 4) is 0 Å². The maximum atomic E-state index is 12.3. The van der Waals surface area contributed by atoms with Gasteiger partial charge in [0.05, 0.1) is 17.4 Å². The lowest BCUT2D eigenvalue weighted by Gasteiger charge is -2.27. The Bertz CT molecular complexity index is 402. The fourth-order valence-corrected chi connectivity index (χ4v) is 2.40. The Morgan fingerprint density at radius 1 is 1.50 bits per heavy atom. The number of carbonyl (C=O) groups excluding carboxylic acids is 1. The van der Waals surface area contributed by atoms with E-state index in [-0.39, 0.29) is 12.0 Å². The number of H-pyrrole nitrogens is 1. The Morgan fingerprint density at radius 3 is 2.83 bits per heavy atom. The van der Waals surface area contributed by atoms with Crippen LogP contribution < -0.4 is 0 Å². The van der Waals surface area contributed by atoms with Gasteiger partial charge in [0.25, 0.3) is 5.91 Å². The highest BCUT2D eigenvalue weighted by Crippen LogP contribution is 2.16. The van der Waals surface area contributed by atoms with E-state index in [1.54, 1.807) is 4.90 Å². The third kappa shape index (κ3) is 2.72. The first kappa shape index (κ1) is 13.1. The van der Waals surface area contributed by atoms with Crippen molar-refractivity contribution in [3.05, 3.63) is 17.0 Å². The van der Waals surface area contributed by atoms with Gasteiger partial charge in [-0.1, -0.05) is 0 Å². The van der Waals surface area contributed by atoms with Crippen LogP contribution in [0.2, 0.25) is 0 Å². The molecule has 18 heavy (non-hydrogen) atoms. The monoisotopic (exact) mass is 251 g/mol. The number of aromatic nitrogens is 2. The lowest BCUT2D eigenvalue weighted by molar-refractivity contribution is -0.000216. The number of hydrogen-bond donors (Lipinski definition) is 1. The van der Waals surface area contributed by atoms with E-state index in [1.165, 1.54) is 6.42 Å². The first-order chi connectivity index (χ1) is 8.59. The number of aromatic amines is 1. The van der Waals surface area contributed by atoms with E-state index in [0.717, 1.165) is 30.8 Å². The standard InChI is InChI=1S/C13H21N3O2/c1-9-12(10(2)15-14-9)13(17)16(3)8-11-6-4-5-7-18-11/h11H,4-8H2,1-3H3,(H,14,15). The van der Waals surface area contributed by atoms with Gasteiger partial charge in [0.15, 0.2) is 0 Å². The van der Waals surface area contributed by atoms with E-state index in [0.29, 0.717) is 12.1 Å². The van der Waals surface area contributed by atoms with Crippen molar-refractivity contribution in [1.82, 2.24) is 15.1 Å². The normalized spacial score (nSPS) is 19.8. The van der Waals surface area contributed by atoms with Crippen molar-refractivity contribution in [2.75, 3.05) is 20.2 Å². The van der Waals surface area contributed by atoms with Gasteiger partial charge in [0.2, 0.25) is 0 Å². The molecule has 5 heteroatoms. The molecule has 0 aliphatic carbocycles. The van der Waals surface area contributed by atoms with Gasteiger partial charge in [-0.25, -0.2) is 0 Å². The van der Waals surface area contributed by atoms with Crippen molar-refractivity contribution in [2.45, 2.75) is 39.2 Å². The number of amides is 1. The fourth-order valence-electron chi connectivity index (χ4n) is 2.40. The SMILES string of the molecule is Cc1n[nH]c(C)c1C(=O)N(C)CC1CCCCO1. The van der Waals surface area contributed by atoms with Gasteiger partial charge >= 0.3 is 0 Å². The third-order valence-corrected chi connectivity index (χ3v) is 3.44. The van der Waals surface area contributed by atoms with Gasteiger partial charge in [-0.15, -0.1) is 0 Å². The smallest absolute Gasteiger partial charge is 0.257 e. The second-order valence-electron chi connectivity index (χ2n) is 4.98. The number of rotatable bonds is 3. The maximum Gasteiger partial charge on any atom is 0.257 e. The Kier molecular flexibility index (Phi) is 4.01. The van der Waals surface area contributed by atoms with Crippen molar-refractivity contribution in [2.24, 2.45) is 0 Å². The van der Waals surface area contributed by atoms with Gasteiger partial charge < -0.3 is 9.64 Å². The lowest BCUT2D eigenvalue weighted by atomic mass is 10.1. The Hall–Kier alpha value is -1.36. The second kappa shape index (κ2) is 5.52. The Labute approximate surface area is 108 Å². The summed E-state index contributed by atoms with van der Waals surface area (Å²) in [5.41, 5.74) is 2.27. The minimum absolute atomic E-state index is 0.0212. The molecule has 2 rings (SSSR count). The minimum Gasteiger partial charge on any atom is -0.376 e. The minimum atomic E-state index is 0.0212. The number of hydrogen-bond acceptors (Lipinski definition) is 3. The summed E-state index contributed by atoms with van der Waals surface area (Å²) in [7, 11) is 1.83. The van der Waals surface area contributed by atoms with Crippen LogP contribution >= 0.6 is 0 Å². The number of likely N-dealkylation sites (N-methyl/N-ethyl adjacent to an activating group) is 1. The van der Waals surface area contributed by atoms with Crippen molar-refractivity contribution >= 4 is 5.91 Å². The predicted molar refractivity (Wildman–Crippen MR) is 68.6 cm³/mol. The first-order valence-electron chi connectivity index (χ1n) is 6.48. The highest BCUT2D eigenvalue weighted by Gasteiger charge is 2.23. The highest BCUT2D eigenvalue weighted by atomic mass is 16.5. The zero-order valence-corrected chi connectivity index (χ0v) is 11.3. The van der Waals surface area contributed by atoms with E-state index >= 15 is 0 Å².